The molecule has 4 aliphatic carbocycles. The van der Waals surface area contributed by atoms with Crippen LogP contribution in [0, 0.1) is 23.2 Å². The van der Waals surface area contributed by atoms with Gasteiger partial charge in [-0.2, -0.15) is 0 Å². The molecule has 1 atom stereocenters. The Hall–Kier alpha value is -0.480. The van der Waals surface area contributed by atoms with Crippen molar-refractivity contribution in [2.24, 2.45) is 23.2 Å². The normalized spacial score (nSPS) is 38.8. The molecule has 1 aromatic rings. The molecule has 116 valence electrons. The van der Waals surface area contributed by atoms with E-state index in [0.717, 1.165) is 35.3 Å². The van der Waals surface area contributed by atoms with Crippen molar-refractivity contribution in [3.8, 4) is 0 Å². The van der Waals surface area contributed by atoms with Crippen LogP contribution in [-0.4, -0.2) is 23.3 Å². The molecule has 0 saturated heterocycles. The minimum Gasteiger partial charge on any atom is -0.440 e. The van der Waals surface area contributed by atoms with Crippen molar-refractivity contribution < 1.29 is 4.42 Å². The highest BCUT2D eigenvalue weighted by Gasteiger charge is 2.53. The summed E-state index contributed by atoms with van der Waals surface area (Å²) in [6, 6.07) is 0.618. The van der Waals surface area contributed by atoms with Gasteiger partial charge in [-0.05, 0) is 68.2 Å². The minimum absolute atomic E-state index is 0.560. The van der Waals surface area contributed by atoms with Crippen molar-refractivity contribution in [3.05, 3.63) is 12.5 Å². The summed E-state index contributed by atoms with van der Waals surface area (Å²) in [5, 5.41) is 4.63. The molecule has 21 heavy (non-hydrogen) atoms. The second kappa shape index (κ2) is 5.62. The fourth-order valence-electron chi connectivity index (χ4n) is 5.74. The largest absolute Gasteiger partial charge is 0.440 e. The third kappa shape index (κ3) is 2.65. The molecule has 0 radical (unpaired) electrons. The molecule has 4 heteroatoms. The molecule has 1 heterocycles. The third-order valence-corrected chi connectivity index (χ3v) is 7.01. The summed E-state index contributed by atoms with van der Waals surface area (Å²) < 4.78 is 5.41. The number of hydrogen-bond donors (Lipinski definition) is 1. The smallest absolute Gasteiger partial charge is 0.255 e. The summed E-state index contributed by atoms with van der Waals surface area (Å²) in [5.74, 6) is 4.15. The van der Waals surface area contributed by atoms with Crippen LogP contribution < -0.4 is 5.32 Å². The molecule has 4 saturated carbocycles. The summed E-state index contributed by atoms with van der Waals surface area (Å²) in [6.07, 6.45) is 12.4. The van der Waals surface area contributed by atoms with Gasteiger partial charge in [-0.3, -0.25) is 0 Å². The van der Waals surface area contributed by atoms with Gasteiger partial charge in [0.05, 0.1) is 6.20 Å². The van der Waals surface area contributed by atoms with E-state index in [-0.39, 0.29) is 0 Å². The molecule has 4 aliphatic rings. The lowest BCUT2D eigenvalue weighted by molar-refractivity contribution is -0.0691. The lowest BCUT2D eigenvalue weighted by atomic mass is 9.48. The Kier molecular flexibility index (Phi) is 3.78. The molecule has 1 N–H and O–H groups in total. The van der Waals surface area contributed by atoms with Crippen LogP contribution >= 0.6 is 11.8 Å². The maximum atomic E-state index is 5.41. The molecule has 0 aliphatic heterocycles. The van der Waals surface area contributed by atoms with Gasteiger partial charge in [-0.25, -0.2) is 4.98 Å². The van der Waals surface area contributed by atoms with E-state index in [0.29, 0.717) is 11.5 Å². The molecular formula is C17H26N2OS. The Bertz CT molecular complexity index is 438. The van der Waals surface area contributed by atoms with E-state index < -0.39 is 0 Å². The highest BCUT2D eigenvalue weighted by molar-refractivity contribution is 7.99. The number of nitrogens with one attached hydrogen (secondary N) is 1. The SMILES string of the molecule is CCNC(CSc1ncco1)C12CC3CC(CC(C3)C1)C2. The first kappa shape index (κ1) is 14.1. The second-order valence-electron chi connectivity index (χ2n) is 7.50. The molecule has 4 fully saturated rings. The number of rotatable bonds is 6. The van der Waals surface area contributed by atoms with E-state index in [1.54, 1.807) is 24.2 Å². The van der Waals surface area contributed by atoms with Crippen LogP contribution in [0.15, 0.2) is 22.1 Å². The van der Waals surface area contributed by atoms with Crippen molar-refractivity contribution in [2.75, 3.05) is 12.3 Å². The van der Waals surface area contributed by atoms with Crippen LogP contribution in [-0.2, 0) is 0 Å². The van der Waals surface area contributed by atoms with Crippen LogP contribution in [0.4, 0.5) is 0 Å². The van der Waals surface area contributed by atoms with E-state index in [9.17, 15) is 0 Å². The standard InChI is InChI=1S/C17H26N2OS/c1-2-18-15(11-21-16-19-3-4-20-16)17-8-12-5-13(9-17)7-14(6-12)10-17/h3-4,12-15,18H,2,5-11H2,1H3. The van der Waals surface area contributed by atoms with Crippen LogP contribution in [0.5, 0.6) is 0 Å². The first-order chi connectivity index (χ1) is 10.3. The lowest BCUT2D eigenvalue weighted by Gasteiger charge is -2.59. The van der Waals surface area contributed by atoms with Gasteiger partial charge in [0.2, 0.25) is 0 Å². The average molecular weight is 306 g/mol. The first-order valence-corrected chi connectivity index (χ1v) is 9.51. The monoisotopic (exact) mass is 306 g/mol. The maximum Gasteiger partial charge on any atom is 0.255 e. The Morgan fingerprint density at radius 1 is 1.29 bits per heavy atom. The zero-order chi connectivity index (χ0) is 14.3. The van der Waals surface area contributed by atoms with Gasteiger partial charge in [-0.15, -0.1) is 0 Å². The Morgan fingerprint density at radius 3 is 2.48 bits per heavy atom. The van der Waals surface area contributed by atoms with Crippen LogP contribution in [0.2, 0.25) is 0 Å². The summed E-state index contributed by atoms with van der Waals surface area (Å²) in [7, 11) is 0. The second-order valence-corrected chi connectivity index (χ2v) is 8.47. The fraction of sp³-hybridized carbons (Fsp3) is 0.824. The molecule has 1 aromatic heterocycles. The van der Waals surface area contributed by atoms with Crippen molar-refractivity contribution in [1.82, 2.24) is 10.3 Å². The molecule has 4 bridgehead atoms. The molecule has 0 amide bonds. The molecular weight excluding hydrogens is 280 g/mol. The van der Waals surface area contributed by atoms with Gasteiger partial charge in [0.15, 0.2) is 0 Å². The van der Waals surface area contributed by atoms with E-state index in [1.807, 2.05) is 0 Å². The van der Waals surface area contributed by atoms with E-state index in [2.05, 4.69) is 17.2 Å². The van der Waals surface area contributed by atoms with E-state index >= 15 is 0 Å². The molecule has 5 rings (SSSR count). The topological polar surface area (TPSA) is 38.1 Å². The summed E-state index contributed by atoms with van der Waals surface area (Å²) in [4.78, 5) is 4.26. The lowest BCUT2D eigenvalue weighted by Crippen LogP contribution is -2.56. The van der Waals surface area contributed by atoms with Crippen LogP contribution in [0.3, 0.4) is 0 Å². The number of aromatic nitrogens is 1. The first-order valence-electron chi connectivity index (χ1n) is 8.53. The number of nitrogens with zero attached hydrogens (tertiary/aromatic N) is 1. The van der Waals surface area contributed by atoms with Crippen molar-refractivity contribution in [1.29, 1.82) is 0 Å². The number of hydrogen-bond acceptors (Lipinski definition) is 4. The van der Waals surface area contributed by atoms with Gasteiger partial charge in [0.1, 0.15) is 6.26 Å². The summed E-state index contributed by atoms with van der Waals surface area (Å²) in [6.45, 7) is 3.31. The van der Waals surface area contributed by atoms with Crippen molar-refractivity contribution in [3.63, 3.8) is 0 Å². The van der Waals surface area contributed by atoms with Gasteiger partial charge in [0, 0.05) is 11.8 Å². The fourth-order valence-corrected chi connectivity index (χ4v) is 6.78. The zero-order valence-corrected chi connectivity index (χ0v) is 13.7. The third-order valence-electron chi connectivity index (χ3n) is 6.06. The van der Waals surface area contributed by atoms with E-state index in [4.69, 9.17) is 4.42 Å². The molecule has 0 spiro atoms. The van der Waals surface area contributed by atoms with Crippen LogP contribution in [0.1, 0.15) is 45.4 Å². The predicted molar refractivity (Wildman–Crippen MR) is 85.3 cm³/mol. The Balaban J connectivity index is 1.50. The minimum atomic E-state index is 0.560. The molecule has 3 nitrogen and oxygen atoms in total. The van der Waals surface area contributed by atoms with Crippen molar-refractivity contribution in [2.45, 2.75) is 56.7 Å². The summed E-state index contributed by atoms with van der Waals surface area (Å²) >= 11 is 1.78. The highest BCUT2D eigenvalue weighted by atomic mass is 32.2. The van der Waals surface area contributed by atoms with E-state index in [1.165, 1.54) is 38.5 Å². The maximum absolute atomic E-state index is 5.41. The number of oxazole rings is 1. The predicted octanol–water partition coefficient (Wildman–Crippen LogP) is 3.96. The Morgan fingerprint density at radius 2 is 1.95 bits per heavy atom. The average Bonchev–Trinajstić information content (AvgIpc) is 2.95. The zero-order valence-electron chi connectivity index (χ0n) is 12.9. The summed E-state index contributed by atoms with van der Waals surface area (Å²) in [5.41, 5.74) is 0.560. The van der Waals surface area contributed by atoms with Gasteiger partial charge >= 0.3 is 0 Å². The van der Waals surface area contributed by atoms with Crippen molar-refractivity contribution >= 4 is 11.8 Å². The Labute approximate surface area is 131 Å². The van der Waals surface area contributed by atoms with Gasteiger partial charge in [-0.1, -0.05) is 18.7 Å². The highest BCUT2D eigenvalue weighted by Crippen LogP contribution is 2.61. The quantitative estimate of drug-likeness (QED) is 0.807. The van der Waals surface area contributed by atoms with Crippen LogP contribution in [0.25, 0.3) is 0 Å². The van der Waals surface area contributed by atoms with Gasteiger partial charge in [0.25, 0.3) is 5.22 Å². The molecule has 1 unspecified atom stereocenters. The molecule has 0 aromatic carbocycles. The van der Waals surface area contributed by atoms with Gasteiger partial charge < -0.3 is 9.73 Å². The number of thioether (sulfide) groups is 1.